The zero-order valence-corrected chi connectivity index (χ0v) is 9.82. The van der Waals surface area contributed by atoms with Crippen LogP contribution in [0.25, 0.3) is 16.9 Å². The van der Waals surface area contributed by atoms with Crippen molar-refractivity contribution in [2.24, 2.45) is 0 Å². The van der Waals surface area contributed by atoms with Gasteiger partial charge >= 0.3 is 5.97 Å². The van der Waals surface area contributed by atoms with E-state index in [1.165, 1.54) is 6.07 Å². The first-order chi connectivity index (χ1) is 9.24. The summed E-state index contributed by atoms with van der Waals surface area (Å²) in [5, 5.41) is 19.4. The molecule has 19 heavy (non-hydrogen) atoms. The molecule has 0 atom stereocenters. The number of hydrogen-bond donors (Lipinski definition) is 2. The highest BCUT2D eigenvalue weighted by molar-refractivity contribution is 5.86. The second kappa shape index (κ2) is 4.41. The minimum atomic E-state index is -1.02. The molecule has 6 nitrogen and oxygen atoms in total. The van der Waals surface area contributed by atoms with Crippen molar-refractivity contribution in [3.05, 3.63) is 54.5 Å². The van der Waals surface area contributed by atoms with Gasteiger partial charge in [0.2, 0.25) is 0 Å². The van der Waals surface area contributed by atoms with Crippen LogP contribution in [0.3, 0.4) is 0 Å². The molecule has 3 aromatic rings. The summed E-state index contributed by atoms with van der Waals surface area (Å²) in [5.74, 6) is -1.02. The molecule has 2 aromatic heterocycles. The molecule has 94 valence electrons. The summed E-state index contributed by atoms with van der Waals surface area (Å²) in [6, 6.07) is 10.9. The Hall–Kier alpha value is -2.89. The smallest absolute Gasteiger partial charge is 0.353 e. The third-order valence-electron chi connectivity index (χ3n) is 2.74. The minimum absolute atomic E-state index is 0.0751. The number of carboxylic acid groups (broad SMARTS) is 1. The first-order valence-corrected chi connectivity index (χ1v) is 5.63. The SMILES string of the molecule is O=C(O)c1cc(-c2ccc(-n3cccn3)cc2)n[nH]1. The molecule has 0 saturated heterocycles. The maximum absolute atomic E-state index is 10.8. The summed E-state index contributed by atoms with van der Waals surface area (Å²) in [6.07, 6.45) is 3.56. The molecule has 3 rings (SSSR count). The lowest BCUT2D eigenvalue weighted by molar-refractivity contribution is 0.0690. The number of hydrogen-bond acceptors (Lipinski definition) is 3. The molecular formula is C13H10N4O2. The van der Waals surface area contributed by atoms with Gasteiger partial charge in [0.15, 0.2) is 0 Å². The second-order valence-electron chi connectivity index (χ2n) is 3.97. The van der Waals surface area contributed by atoms with Crippen LogP contribution < -0.4 is 0 Å². The molecule has 1 aromatic carbocycles. The van der Waals surface area contributed by atoms with Crippen molar-refractivity contribution in [1.82, 2.24) is 20.0 Å². The summed E-state index contributed by atoms with van der Waals surface area (Å²) < 4.78 is 1.75. The maximum atomic E-state index is 10.8. The van der Waals surface area contributed by atoms with Crippen molar-refractivity contribution in [1.29, 1.82) is 0 Å². The van der Waals surface area contributed by atoms with E-state index in [1.807, 2.05) is 36.5 Å². The van der Waals surface area contributed by atoms with Crippen LogP contribution in [0.2, 0.25) is 0 Å². The minimum Gasteiger partial charge on any atom is -0.477 e. The number of H-pyrrole nitrogens is 1. The van der Waals surface area contributed by atoms with Crippen LogP contribution in [0, 0.1) is 0 Å². The predicted octanol–water partition coefficient (Wildman–Crippen LogP) is 1.96. The van der Waals surface area contributed by atoms with Gasteiger partial charge in [-0.2, -0.15) is 10.2 Å². The van der Waals surface area contributed by atoms with E-state index in [2.05, 4.69) is 15.3 Å². The number of benzene rings is 1. The molecule has 2 heterocycles. The Morgan fingerprint density at radius 3 is 2.63 bits per heavy atom. The van der Waals surface area contributed by atoms with E-state index in [1.54, 1.807) is 10.9 Å². The van der Waals surface area contributed by atoms with E-state index < -0.39 is 5.97 Å². The Kier molecular flexibility index (Phi) is 2.60. The average Bonchev–Trinajstić information content (AvgIpc) is 3.11. The lowest BCUT2D eigenvalue weighted by atomic mass is 10.1. The zero-order chi connectivity index (χ0) is 13.2. The fraction of sp³-hybridized carbons (Fsp3) is 0. The molecule has 2 N–H and O–H groups in total. The summed E-state index contributed by atoms with van der Waals surface area (Å²) in [5.41, 5.74) is 2.46. The van der Waals surface area contributed by atoms with Gasteiger partial charge in [-0.1, -0.05) is 12.1 Å². The van der Waals surface area contributed by atoms with Gasteiger partial charge in [0.05, 0.1) is 11.4 Å². The van der Waals surface area contributed by atoms with Crippen molar-refractivity contribution < 1.29 is 9.90 Å². The lowest BCUT2D eigenvalue weighted by Gasteiger charge is -2.02. The monoisotopic (exact) mass is 254 g/mol. The molecule has 0 aliphatic heterocycles. The molecule has 0 amide bonds. The molecule has 0 saturated carbocycles. The first-order valence-electron chi connectivity index (χ1n) is 5.63. The van der Waals surface area contributed by atoms with Gasteiger partial charge in [-0.3, -0.25) is 5.10 Å². The molecule has 0 aliphatic rings. The third-order valence-corrected chi connectivity index (χ3v) is 2.74. The predicted molar refractivity (Wildman–Crippen MR) is 68.1 cm³/mol. The Labute approximate surface area is 108 Å². The number of rotatable bonds is 3. The third kappa shape index (κ3) is 2.11. The Morgan fingerprint density at radius 2 is 2.05 bits per heavy atom. The second-order valence-corrected chi connectivity index (χ2v) is 3.97. The highest BCUT2D eigenvalue weighted by Crippen LogP contribution is 2.19. The van der Waals surface area contributed by atoms with Gasteiger partial charge in [-0.05, 0) is 24.3 Å². The number of nitrogens with one attached hydrogen (secondary N) is 1. The van der Waals surface area contributed by atoms with E-state index in [-0.39, 0.29) is 5.69 Å². The number of aromatic nitrogens is 4. The largest absolute Gasteiger partial charge is 0.477 e. The summed E-state index contributed by atoms with van der Waals surface area (Å²) in [7, 11) is 0. The van der Waals surface area contributed by atoms with Crippen LogP contribution in [0.15, 0.2) is 48.8 Å². The van der Waals surface area contributed by atoms with E-state index in [4.69, 9.17) is 5.11 Å². The Balaban J connectivity index is 1.91. The molecule has 0 fully saturated rings. The van der Waals surface area contributed by atoms with E-state index >= 15 is 0 Å². The first kappa shape index (κ1) is 11.2. The van der Waals surface area contributed by atoms with Crippen LogP contribution in [-0.4, -0.2) is 31.1 Å². The fourth-order valence-electron chi connectivity index (χ4n) is 1.79. The average molecular weight is 254 g/mol. The maximum Gasteiger partial charge on any atom is 0.353 e. The van der Waals surface area contributed by atoms with E-state index in [9.17, 15) is 4.79 Å². The number of aromatic carboxylic acids is 1. The molecular weight excluding hydrogens is 244 g/mol. The summed E-state index contributed by atoms with van der Waals surface area (Å²) in [6.45, 7) is 0. The van der Waals surface area contributed by atoms with E-state index in [0.717, 1.165) is 11.3 Å². The van der Waals surface area contributed by atoms with Gasteiger partial charge in [0, 0.05) is 18.0 Å². The highest BCUT2D eigenvalue weighted by atomic mass is 16.4. The van der Waals surface area contributed by atoms with Crippen molar-refractivity contribution in [2.45, 2.75) is 0 Å². The van der Waals surface area contributed by atoms with Gasteiger partial charge in [0.25, 0.3) is 0 Å². The molecule has 0 spiro atoms. The molecule has 6 heteroatoms. The summed E-state index contributed by atoms with van der Waals surface area (Å²) >= 11 is 0. The number of carboxylic acids is 1. The molecule has 0 unspecified atom stereocenters. The van der Waals surface area contributed by atoms with Crippen LogP contribution in [0.5, 0.6) is 0 Å². The quantitative estimate of drug-likeness (QED) is 0.748. The highest BCUT2D eigenvalue weighted by Gasteiger charge is 2.09. The van der Waals surface area contributed by atoms with Crippen molar-refractivity contribution >= 4 is 5.97 Å². The van der Waals surface area contributed by atoms with Crippen LogP contribution in [-0.2, 0) is 0 Å². The normalized spacial score (nSPS) is 10.5. The Morgan fingerprint density at radius 1 is 1.26 bits per heavy atom. The molecule has 0 aliphatic carbocycles. The topological polar surface area (TPSA) is 83.8 Å². The number of aromatic amines is 1. The van der Waals surface area contributed by atoms with Crippen LogP contribution in [0.4, 0.5) is 0 Å². The van der Waals surface area contributed by atoms with Crippen LogP contribution in [0.1, 0.15) is 10.5 Å². The Bertz CT molecular complexity index is 699. The van der Waals surface area contributed by atoms with Gasteiger partial charge in [-0.25, -0.2) is 9.48 Å². The fourth-order valence-corrected chi connectivity index (χ4v) is 1.79. The van der Waals surface area contributed by atoms with Gasteiger partial charge < -0.3 is 5.11 Å². The van der Waals surface area contributed by atoms with Crippen molar-refractivity contribution in [3.8, 4) is 16.9 Å². The van der Waals surface area contributed by atoms with E-state index in [0.29, 0.717) is 5.69 Å². The van der Waals surface area contributed by atoms with Crippen molar-refractivity contribution in [2.75, 3.05) is 0 Å². The summed E-state index contributed by atoms with van der Waals surface area (Å²) in [4.78, 5) is 10.8. The lowest BCUT2D eigenvalue weighted by Crippen LogP contribution is -1.95. The standard InChI is InChI=1S/C13H10N4O2/c18-13(19)12-8-11(15-16-12)9-2-4-10(5-3-9)17-7-1-6-14-17/h1-8H,(H,15,16)(H,18,19). The zero-order valence-electron chi connectivity index (χ0n) is 9.82. The molecule has 0 radical (unpaired) electrons. The van der Waals surface area contributed by atoms with Gasteiger partial charge in [0.1, 0.15) is 5.69 Å². The van der Waals surface area contributed by atoms with Crippen molar-refractivity contribution in [3.63, 3.8) is 0 Å². The van der Waals surface area contributed by atoms with Gasteiger partial charge in [-0.15, -0.1) is 0 Å². The van der Waals surface area contributed by atoms with Crippen LogP contribution >= 0.6 is 0 Å². The molecule has 0 bridgehead atoms. The number of nitrogens with zero attached hydrogens (tertiary/aromatic N) is 3. The number of carbonyl (C=O) groups is 1.